The Morgan fingerprint density at radius 1 is 1.20 bits per heavy atom. The Labute approximate surface area is 118 Å². The van der Waals surface area contributed by atoms with E-state index in [0.717, 1.165) is 17.2 Å². The van der Waals surface area contributed by atoms with Crippen LogP contribution in [-0.4, -0.2) is 43.1 Å². The van der Waals surface area contributed by atoms with Gasteiger partial charge in [-0.2, -0.15) is 0 Å². The summed E-state index contributed by atoms with van der Waals surface area (Å²) in [5.74, 6) is 2.08. The number of hydrogen-bond donors (Lipinski definition) is 2. The molecule has 20 heavy (non-hydrogen) atoms. The number of rotatable bonds is 7. The van der Waals surface area contributed by atoms with Gasteiger partial charge in [0.2, 0.25) is 0 Å². The van der Waals surface area contributed by atoms with Gasteiger partial charge in [-0.15, -0.1) is 0 Å². The van der Waals surface area contributed by atoms with Crippen LogP contribution in [0.3, 0.4) is 0 Å². The second-order valence-electron chi connectivity index (χ2n) is 5.07. The van der Waals surface area contributed by atoms with Crippen LogP contribution in [-0.2, 0) is 13.1 Å². The molecule has 0 spiro atoms. The SMILES string of the molecule is CC(C)c1ncc(CN(CCO)Cc2ncc[nH]2)cn1. The van der Waals surface area contributed by atoms with Crippen molar-refractivity contribution in [3.05, 3.63) is 42.0 Å². The van der Waals surface area contributed by atoms with Gasteiger partial charge < -0.3 is 10.1 Å². The van der Waals surface area contributed by atoms with Crippen LogP contribution < -0.4 is 0 Å². The maximum atomic E-state index is 9.16. The van der Waals surface area contributed by atoms with E-state index in [9.17, 15) is 0 Å². The van der Waals surface area contributed by atoms with Gasteiger partial charge in [0.25, 0.3) is 0 Å². The van der Waals surface area contributed by atoms with Gasteiger partial charge in [-0.1, -0.05) is 13.8 Å². The number of hydrogen-bond acceptors (Lipinski definition) is 5. The third kappa shape index (κ3) is 4.11. The maximum Gasteiger partial charge on any atom is 0.130 e. The lowest BCUT2D eigenvalue weighted by atomic mass is 10.2. The number of nitrogens with zero attached hydrogens (tertiary/aromatic N) is 4. The van der Waals surface area contributed by atoms with E-state index < -0.39 is 0 Å². The molecule has 2 N–H and O–H groups in total. The molecule has 2 aromatic heterocycles. The highest BCUT2D eigenvalue weighted by Gasteiger charge is 2.09. The fourth-order valence-electron chi connectivity index (χ4n) is 1.95. The second kappa shape index (κ2) is 7.12. The third-order valence-electron chi connectivity index (χ3n) is 2.99. The van der Waals surface area contributed by atoms with Crippen molar-refractivity contribution in [2.45, 2.75) is 32.9 Å². The molecule has 0 saturated heterocycles. The van der Waals surface area contributed by atoms with Gasteiger partial charge >= 0.3 is 0 Å². The highest BCUT2D eigenvalue weighted by Crippen LogP contribution is 2.10. The molecule has 108 valence electrons. The topological polar surface area (TPSA) is 77.9 Å². The number of aromatic amines is 1. The summed E-state index contributed by atoms with van der Waals surface area (Å²) >= 11 is 0. The van der Waals surface area contributed by atoms with Crippen molar-refractivity contribution in [2.24, 2.45) is 0 Å². The van der Waals surface area contributed by atoms with E-state index in [2.05, 4.69) is 38.7 Å². The Hall–Kier alpha value is -1.79. The molecule has 0 aliphatic carbocycles. The molecule has 0 unspecified atom stereocenters. The van der Waals surface area contributed by atoms with E-state index in [1.807, 2.05) is 12.4 Å². The number of aliphatic hydroxyl groups is 1. The Morgan fingerprint density at radius 3 is 2.50 bits per heavy atom. The summed E-state index contributed by atoms with van der Waals surface area (Å²) in [5.41, 5.74) is 1.04. The standard InChI is InChI=1S/C14H21N5O/c1-11(2)14-17-7-12(8-18-14)9-19(5-6-20)10-13-15-3-4-16-13/h3-4,7-8,11,20H,5-6,9-10H2,1-2H3,(H,15,16). The molecule has 6 nitrogen and oxygen atoms in total. The first-order valence-corrected chi connectivity index (χ1v) is 6.81. The van der Waals surface area contributed by atoms with Gasteiger partial charge in [0.05, 0.1) is 13.2 Å². The van der Waals surface area contributed by atoms with Crippen LogP contribution in [0.2, 0.25) is 0 Å². The van der Waals surface area contributed by atoms with Crippen molar-refractivity contribution in [3.8, 4) is 0 Å². The number of nitrogens with one attached hydrogen (secondary N) is 1. The number of H-pyrrole nitrogens is 1. The first-order valence-electron chi connectivity index (χ1n) is 6.81. The highest BCUT2D eigenvalue weighted by molar-refractivity contribution is 5.07. The lowest BCUT2D eigenvalue weighted by Crippen LogP contribution is -2.26. The Balaban J connectivity index is 2.00. The second-order valence-corrected chi connectivity index (χ2v) is 5.07. The number of imidazole rings is 1. The van der Waals surface area contributed by atoms with Crippen LogP contribution in [0.4, 0.5) is 0 Å². The lowest BCUT2D eigenvalue weighted by molar-refractivity contribution is 0.181. The van der Waals surface area contributed by atoms with Crippen molar-refractivity contribution in [1.82, 2.24) is 24.8 Å². The zero-order valence-corrected chi connectivity index (χ0v) is 12.0. The minimum atomic E-state index is 0.117. The average molecular weight is 275 g/mol. The van der Waals surface area contributed by atoms with Crippen LogP contribution in [0, 0.1) is 0 Å². The van der Waals surface area contributed by atoms with Crippen LogP contribution >= 0.6 is 0 Å². The molecule has 0 atom stereocenters. The first kappa shape index (κ1) is 14.6. The molecule has 2 heterocycles. The Kier molecular flexibility index (Phi) is 5.20. The first-order chi connectivity index (χ1) is 9.69. The highest BCUT2D eigenvalue weighted by atomic mass is 16.3. The predicted octanol–water partition coefficient (Wildman–Crippen LogP) is 1.32. The molecule has 0 radical (unpaired) electrons. The predicted molar refractivity (Wildman–Crippen MR) is 75.9 cm³/mol. The zero-order chi connectivity index (χ0) is 14.4. The average Bonchev–Trinajstić information content (AvgIpc) is 2.92. The van der Waals surface area contributed by atoms with Crippen molar-refractivity contribution in [3.63, 3.8) is 0 Å². The molecular formula is C14H21N5O. The summed E-state index contributed by atoms with van der Waals surface area (Å²) in [6.07, 6.45) is 7.24. The van der Waals surface area contributed by atoms with Crippen molar-refractivity contribution in [1.29, 1.82) is 0 Å². The van der Waals surface area contributed by atoms with Gasteiger partial charge in [-0.25, -0.2) is 15.0 Å². The summed E-state index contributed by atoms with van der Waals surface area (Å²) in [7, 11) is 0. The molecule has 0 aliphatic heterocycles. The van der Waals surface area contributed by atoms with Gasteiger partial charge in [0, 0.05) is 49.4 Å². The van der Waals surface area contributed by atoms with Crippen molar-refractivity contribution < 1.29 is 5.11 Å². The van der Waals surface area contributed by atoms with Gasteiger partial charge in [0.15, 0.2) is 0 Å². The van der Waals surface area contributed by atoms with Gasteiger partial charge in [0.1, 0.15) is 11.6 Å². The van der Waals surface area contributed by atoms with Gasteiger partial charge in [-0.05, 0) is 0 Å². The molecule has 0 aliphatic rings. The molecule has 0 amide bonds. The smallest absolute Gasteiger partial charge is 0.130 e. The monoisotopic (exact) mass is 275 g/mol. The fourth-order valence-corrected chi connectivity index (χ4v) is 1.95. The van der Waals surface area contributed by atoms with Crippen molar-refractivity contribution >= 4 is 0 Å². The van der Waals surface area contributed by atoms with E-state index in [0.29, 0.717) is 25.6 Å². The maximum absolute atomic E-state index is 9.16. The minimum absolute atomic E-state index is 0.117. The van der Waals surface area contributed by atoms with Crippen molar-refractivity contribution in [2.75, 3.05) is 13.2 Å². The van der Waals surface area contributed by atoms with Crippen LogP contribution in [0.5, 0.6) is 0 Å². The summed E-state index contributed by atoms with van der Waals surface area (Å²) in [6, 6.07) is 0. The number of aliphatic hydroxyl groups excluding tert-OH is 1. The van der Waals surface area contributed by atoms with Gasteiger partial charge in [-0.3, -0.25) is 4.90 Å². The summed E-state index contributed by atoms with van der Waals surface area (Å²) in [6.45, 7) is 6.21. The normalized spacial score (nSPS) is 11.4. The summed E-state index contributed by atoms with van der Waals surface area (Å²) < 4.78 is 0. The van der Waals surface area contributed by atoms with Crippen LogP contribution in [0.15, 0.2) is 24.8 Å². The fraction of sp³-hybridized carbons (Fsp3) is 0.500. The Morgan fingerprint density at radius 2 is 1.95 bits per heavy atom. The molecular weight excluding hydrogens is 254 g/mol. The van der Waals surface area contributed by atoms with E-state index in [1.54, 1.807) is 12.4 Å². The molecule has 2 aromatic rings. The quantitative estimate of drug-likeness (QED) is 0.797. The molecule has 0 fully saturated rings. The molecule has 0 saturated carbocycles. The van der Waals surface area contributed by atoms with E-state index in [4.69, 9.17) is 5.11 Å². The van der Waals surface area contributed by atoms with Crippen LogP contribution in [0.1, 0.15) is 37.0 Å². The van der Waals surface area contributed by atoms with E-state index in [-0.39, 0.29) is 6.61 Å². The lowest BCUT2D eigenvalue weighted by Gasteiger charge is -2.20. The van der Waals surface area contributed by atoms with Crippen LogP contribution in [0.25, 0.3) is 0 Å². The third-order valence-corrected chi connectivity index (χ3v) is 2.99. The number of aromatic nitrogens is 4. The zero-order valence-electron chi connectivity index (χ0n) is 12.0. The minimum Gasteiger partial charge on any atom is -0.395 e. The molecule has 6 heteroatoms. The molecule has 0 bridgehead atoms. The largest absolute Gasteiger partial charge is 0.395 e. The van der Waals surface area contributed by atoms with E-state index in [1.165, 1.54) is 0 Å². The summed E-state index contributed by atoms with van der Waals surface area (Å²) in [5, 5.41) is 9.16. The summed E-state index contributed by atoms with van der Waals surface area (Å²) in [4.78, 5) is 18.1. The van der Waals surface area contributed by atoms with E-state index >= 15 is 0 Å². The Bertz CT molecular complexity index is 495. The molecule has 2 rings (SSSR count). The molecule has 0 aromatic carbocycles.